The van der Waals surface area contributed by atoms with Crippen molar-refractivity contribution in [2.24, 2.45) is 5.92 Å². The minimum Gasteiger partial charge on any atom is -0.377 e. The fraction of sp³-hybridized carbons (Fsp3) is 0.455. The SMILES string of the molecule is CC(C)CCNc1c(F)cc(F)cc1[N+](=O)[O-]. The van der Waals surface area contributed by atoms with Crippen LogP contribution in [0.15, 0.2) is 12.1 Å². The Labute approximate surface area is 97.8 Å². The summed E-state index contributed by atoms with van der Waals surface area (Å²) in [4.78, 5) is 9.85. The maximum atomic E-state index is 13.4. The molecule has 0 aliphatic rings. The normalized spacial score (nSPS) is 10.6. The molecule has 0 atom stereocenters. The molecule has 17 heavy (non-hydrogen) atoms. The highest BCUT2D eigenvalue weighted by Gasteiger charge is 2.19. The van der Waals surface area contributed by atoms with E-state index in [1.807, 2.05) is 13.8 Å². The maximum Gasteiger partial charge on any atom is 0.298 e. The first-order valence-corrected chi connectivity index (χ1v) is 5.29. The van der Waals surface area contributed by atoms with Crippen molar-refractivity contribution in [1.29, 1.82) is 0 Å². The van der Waals surface area contributed by atoms with Crippen LogP contribution in [-0.4, -0.2) is 11.5 Å². The van der Waals surface area contributed by atoms with E-state index in [4.69, 9.17) is 0 Å². The number of benzene rings is 1. The second-order valence-electron chi connectivity index (χ2n) is 4.15. The molecular formula is C11H14F2N2O2. The summed E-state index contributed by atoms with van der Waals surface area (Å²) in [5.74, 6) is -1.51. The van der Waals surface area contributed by atoms with Crippen molar-refractivity contribution in [2.75, 3.05) is 11.9 Å². The summed E-state index contributed by atoms with van der Waals surface area (Å²) in [6.07, 6.45) is 0.744. The van der Waals surface area contributed by atoms with Gasteiger partial charge in [0.1, 0.15) is 11.5 Å². The van der Waals surface area contributed by atoms with E-state index in [-0.39, 0.29) is 5.69 Å². The van der Waals surface area contributed by atoms with Gasteiger partial charge in [0.25, 0.3) is 5.69 Å². The number of hydrogen-bond donors (Lipinski definition) is 1. The van der Waals surface area contributed by atoms with Crippen LogP contribution in [0, 0.1) is 27.7 Å². The fourth-order valence-corrected chi connectivity index (χ4v) is 1.36. The van der Waals surface area contributed by atoms with Crippen molar-refractivity contribution in [1.82, 2.24) is 0 Å². The predicted octanol–water partition coefficient (Wildman–Crippen LogP) is 3.33. The lowest BCUT2D eigenvalue weighted by Gasteiger charge is -2.09. The third-order valence-electron chi connectivity index (χ3n) is 2.25. The number of nitrogens with one attached hydrogen (secondary N) is 1. The molecular weight excluding hydrogens is 230 g/mol. The lowest BCUT2D eigenvalue weighted by Crippen LogP contribution is -2.08. The van der Waals surface area contributed by atoms with Crippen LogP contribution in [-0.2, 0) is 0 Å². The monoisotopic (exact) mass is 244 g/mol. The van der Waals surface area contributed by atoms with Crippen molar-refractivity contribution in [3.8, 4) is 0 Å². The Balaban J connectivity index is 2.92. The van der Waals surface area contributed by atoms with Gasteiger partial charge in [-0.1, -0.05) is 13.8 Å². The zero-order valence-corrected chi connectivity index (χ0v) is 9.67. The van der Waals surface area contributed by atoms with Gasteiger partial charge in [0.2, 0.25) is 0 Å². The van der Waals surface area contributed by atoms with Gasteiger partial charge in [-0.05, 0) is 12.3 Å². The van der Waals surface area contributed by atoms with Gasteiger partial charge in [0.05, 0.1) is 11.0 Å². The highest BCUT2D eigenvalue weighted by atomic mass is 19.1. The van der Waals surface area contributed by atoms with Crippen molar-refractivity contribution in [3.63, 3.8) is 0 Å². The summed E-state index contributed by atoms with van der Waals surface area (Å²) in [6.45, 7) is 4.37. The molecule has 0 bridgehead atoms. The number of anilines is 1. The van der Waals surface area contributed by atoms with Crippen LogP contribution in [0.4, 0.5) is 20.2 Å². The fourth-order valence-electron chi connectivity index (χ4n) is 1.36. The summed E-state index contributed by atoms with van der Waals surface area (Å²) in [7, 11) is 0. The van der Waals surface area contributed by atoms with Gasteiger partial charge in [0, 0.05) is 12.6 Å². The summed E-state index contributed by atoms with van der Waals surface area (Å²) in [5.41, 5.74) is -0.830. The van der Waals surface area contributed by atoms with E-state index in [1.165, 1.54) is 0 Å². The number of halogens is 2. The number of nitrogens with zero attached hydrogens (tertiary/aromatic N) is 1. The van der Waals surface area contributed by atoms with Crippen molar-refractivity contribution in [2.45, 2.75) is 20.3 Å². The van der Waals surface area contributed by atoms with Gasteiger partial charge < -0.3 is 5.32 Å². The van der Waals surface area contributed by atoms with E-state index in [2.05, 4.69) is 5.32 Å². The molecule has 1 rings (SSSR count). The zero-order valence-electron chi connectivity index (χ0n) is 9.67. The molecule has 1 N–H and O–H groups in total. The van der Waals surface area contributed by atoms with E-state index in [0.717, 1.165) is 6.42 Å². The summed E-state index contributed by atoms with van der Waals surface area (Å²) in [6, 6.07) is 1.34. The average molecular weight is 244 g/mol. The van der Waals surface area contributed by atoms with E-state index in [1.54, 1.807) is 0 Å². The maximum absolute atomic E-state index is 13.4. The second kappa shape index (κ2) is 5.56. The molecule has 1 aromatic rings. The highest BCUT2D eigenvalue weighted by Crippen LogP contribution is 2.28. The first-order valence-electron chi connectivity index (χ1n) is 5.29. The van der Waals surface area contributed by atoms with Crippen LogP contribution >= 0.6 is 0 Å². The lowest BCUT2D eigenvalue weighted by atomic mass is 10.1. The van der Waals surface area contributed by atoms with E-state index < -0.39 is 22.2 Å². The molecule has 1 aromatic carbocycles. The Morgan fingerprint density at radius 2 is 2.06 bits per heavy atom. The number of rotatable bonds is 5. The summed E-state index contributed by atoms with van der Waals surface area (Å²) >= 11 is 0. The quantitative estimate of drug-likeness (QED) is 0.638. The molecule has 4 nitrogen and oxygen atoms in total. The zero-order chi connectivity index (χ0) is 13.0. The molecule has 0 unspecified atom stereocenters. The molecule has 0 fully saturated rings. The number of nitro benzene ring substituents is 1. The molecule has 0 radical (unpaired) electrons. The second-order valence-corrected chi connectivity index (χ2v) is 4.15. The predicted molar refractivity (Wildman–Crippen MR) is 61.0 cm³/mol. The van der Waals surface area contributed by atoms with Gasteiger partial charge in [-0.25, -0.2) is 8.78 Å². The van der Waals surface area contributed by atoms with E-state index in [0.29, 0.717) is 24.6 Å². The molecule has 0 heterocycles. The van der Waals surface area contributed by atoms with Crippen LogP contribution in [0.25, 0.3) is 0 Å². The molecule has 0 spiro atoms. The van der Waals surface area contributed by atoms with Crippen molar-refractivity contribution < 1.29 is 13.7 Å². The first-order chi connectivity index (χ1) is 7.91. The standard InChI is InChI=1S/C11H14F2N2O2/c1-7(2)3-4-14-11-9(13)5-8(12)6-10(11)15(16)17/h5-7,14H,3-4H2,1-2H3. The van der Waals surface area contributed by atoms with Gasteiger partial charge in [-0.15, -0.1) is 0 Å². The summed E-state index contributed by atoms with van der Waals surface area (Å²) in [5, 5.41) is 13.3. The molecule has 0 aromatic heterocycles. The Bertz CT molecular complexity index is 422. The van der Waals surface area contributed by atoms with Crippen LogP contribution in [0.1, 0.15) is 20.3 Å². The van der Waals surface area contributed by atoms with Crippen molar-refractivity contribution >= 4 is 11.4 Å². The minimum absolute atomic E-state index is 0.253. The molecule has 0 saturated heterocycles. The highest BCUT2D eigenvalue weighted by molar-refractivity contribution is 5.62. The Kier molecular flexibility index (Phi) is 4.37. The van der Waals surface area contributed by atoms with E-state index >= 15 is 0 Å². The van der Waals surface area contributed by atoms with Gasteiger partial charge in [-0.3, -0.25) is 10.1 Å². The van der Waals surface area contributed by atoms with Crippen LogP contribution in [0.2, 0.25) is 0 Å². The molecule has 0 aliphatic carbocycles. The lowest BCUT2D eigenvalue weighted by molar-refractivity contribution is -0.384. The van der Waals surface area contributed by atoms with Crippen LogP contribution in [0.5, 0.6) is 0 Å². The third-order valence-corrected chi connectivity index (χ3v) is 2.25. The molecule has 94 valence electrons. The Hall–Kier alpha value is -1.72. The topological polar surface area (TPSA) is 55.2 Å². The Morgan fingerprint density at radius 3 is 2.59 bits per heavy atom. The van der Waals surface area contributed by atoms with Gasteiger partial charge in [-0.2, -0.15) is 0 Å². The Morgan fingerprint density at radius 1 is 1.41 bits per heavy atom. The van der Waals surface area contributed by atoms with Gasteiger partial charge >= 0.3 is 0 Å². The number of hydrogen-bond acceptors (Lipinski definition) is 3. The molecule has 0 saturated carbocycles. The van der Waals surface area contributed by atoms with Crippen LogP contribution < -0.4 is 5.32 Å². The van der Waals surface area contributed by atoms with E-state index in [9.17, 15) is 18.9 Å². The van der Waals surface area contributed by atoms with Crippen molar-refractivity contribution in [3.05, 3.63) is 33.9 Å². The molecule has 6 heteroatoms. The first kappa shape index (κ1) is 13.3. The number of nitro groups is 1. The average Bonchev–Trinajstić information content (AvgIpc) is 2.19. The van der Waals surface area contributed by atoms with Gasteiger partial charge in [0.15, 0.2) is 5.82 Å². The minimum atomic E-state index is -0.955. The third kappa shape index (κ3) is 3.65. The summed E-state index contributed by atoms with van der Waals surface area (Å²) < 4.78 is 26.2. The molecule has 0 aliphatic heterocycles. The smallest absolute Gasteiger partial charge is 0.298 e. The van der Waals surface area contributed by atoms with Crippen LogP contribution in [0.3, 0.4) is 0 Å². The largest absolute Gasteiger partial charge is 0.377 e. The molecule has 0 amide bonds.